The quantitative estimate of drug-likeness (QED) is 0.565. The summed E-state index contributed by atoms with van der Waals surface area (Å²) in [6, 6.07) is 3.91. The number of hydrogen-bond donors (Lipinski definition) is 2. The molecule has 1 aliphatic carbocycles. The Morgan fingerprint density at radius 2 is 2.12 bits per heavy atom. The number of pyridine rings is 1. The van der Waals surface area contributed by atoms with Gasteiger partial charge in [0.15, 0.2) is 5.82 Å². The Morgan fingerprint density at radius 3 is 2.80 bits per heavy atom. The van der Waals surface area contributed by atoms with E-state index in [9.17, 15) is 0 Å². The number of nitrogens with zero attached hydrogens (tertiary/aromatic N) is 4. The van der Waals surface area contributed by atoms with Crippen LogP contribution in [0.3, 0.4) is 0 Å². The predicted octanol–water partition coefficient (Wildman–Crippen LogP) is 4.04. The molecule has 6 nitrogen and oxygen atoms in total. The van der Waals surface area contributed by atoms with Crippen LogP contribution < -0.4 is 10.6 Å². The molecule has 2 aromatic heterocycles. The second-order valence-corrected chi connectivity index (χ2v) is 6.85. The summed E-state index contributed by atoms with van der Waals surface area (Å²) in [5.74, 6) is 2.75. The molecule has 0 radical (unpaired) electrons. The molecule has 0 unspecified atom stereocenters. The highest BCUT2D eigenvalue weighted by atomic mass is 79.9. The molecule has 0 saturated heterocycles. The molecular formula is C18H21BrN6. The number of rotatable bonds is 6. The normalized spacial score (nSPS) is 15.2. The second-order valence-electron chi connectivity index (χ2n) is 6.00. The van der Waals surface area contributed by atoms with Crippen molar-refractivity contribution in [3.63, 3.8) is 0 Å². The molecule has 0 aliphatic heterocycles. The molecule has 25 heavy (non-hydrogen) atoms. The lowest BCUT2D eigenvalue weighted by molar-refractivity contribution is 1.01. The average molecular weight is 401 g/mol. The van der Waals surface area contributed by atoms with Crippen LogP contribution in [0.2, 0.25) is 0 Å². The van der Waals surface area contributed by atoms with Gasteiger partial charge < -0.3 is 10.6 Å². The predicted molar refractivity (Wildman–Crippen MR) is 105 cm³/mol. The summed E-state index contributed by atoms with van der Waals surface area (Å²) in [7, 11) is 1.77. The third kappa shape index (κ3) is 5.09. The number of aliphatic imine (C=N–C) groups is 1. The fourth-order valence-corrected chi connectivity index (χ4v) is 2.66. The first-order chi connectivity index (χ1) is 12.2. The first-order valence-corrected chi connectivity index (χ1v) is 9.02. The van der Waals surface area contributed by atoms with Gasteiger partial charge in [-0.2, -0.15) is 4.98 Å². The summed E-state index contributed by atoms with van der Waals surface area (Å²) in [4.78, 5) is 17.2. The van der Waals surface area contributed by atoms with Crippen LogP contribution >= 0.6 is 15.9 Å². The van der Waals surface area contributed by atoms with Crippen LogP contribution in [0.15, 0.2) is 51.8 Å². The number of aromatic nitrogens is 3. The van der Waals surface area contributed by atoms with Gasteiger partial charge in [0, 0.05) is 32.2 Å². The monoisotopic (exact) mass is 400 g/mol. The van der Waals surface area contributed by atoms with E-state index >= 15 is 0 Å². The summed E-state index contributed by atoms with van der Waals surface area (Å²) < 4.78 is 0.792. The Hall–Kier alpha value is -2.28. The van der Waals surface area contributed by atoms with E-state index in [0.29, 0.717) is 24.2 Å². The molecule has 3 rings (SSSR count). The topological polar surface area (TPSA) is 75.1 Å². The molecule has 130 valence electrons. The maximum Gasteiger partial charge on any atom is 0.224 e. The van der Waals surface area contributed by atoms with Crippen molar-refractivity contribution in [1.82, 2.24) is 15.0 Å². The van der Waals surface area contributed by atoms with Gasteiger partial charge in [0.05, 0.1) is 4.47 Å². The van der Waals surface area contributed by atoms with Gasteiger partial charge in [0.25, 0.3) is 0 Å². The van der Waals surface area contributed by atoms with E-state index in [1.54, 1.807) is 25.6 Å². The fourth-order valence-electron chi connectivity index (χ4n) is 2.37. The molecule has 1 saturated carbocycles. The summed E-state index contributed by atoms with van der Waals surface area (Å²) in [5.41, 5.74) is 2.48. The molecule has 0 spiro atoms. The van der Waals surface area contributed by atoms with E-state index in [1.807, 2.05) is 12.1 Å². The van der Waals surface area contributed by atoms with E-state index in [1.165, 1.54) is 18.4 Å². The minimum atomic E-state index is 0.556. The van der Waals surface area contributed by atoms with Crippen LogP contribution in [-0.4, -0.2) is 27.8 Å². The van der Waals surface area contributed by atoms with Crippen molar-refractivity contribution < 1.29 is 0 Å². The van der Waals surface area contributed by atoms with Crippen LogP contribution in [0.4, 0.5) is 11.8 Å². The van der Waals surface area contributed by atoms with Gasteiger partial charge in [-0.05, 0) is 65.4 Å². The van der Waals surface area contributed by atoms with Gasteiger partial charge in [0.2, 0.25) is 5.95 Å². The Balaban J connectivity index is 1.69. The first-order valence-electron chi connectivity index (χ1n) is 8.23. The molecule has 1 fully saturated rings. The highest BCUT2D eigenvalue weighted by Crippen LogP contribution is 2.36. The molecule has 2 N–H and O–H groups in total. The Labute approximate surface area is 156 Å². The number of allylic oxidation sites excluding steroid dienone is 1. The number of hydrogen-bond acceptors (Lipinski definition) is 5. The van der Waals surface area contributed by atoms with E-state index < -0.39 is 0 Å². The van der Waals surface area contributed by atoms with Crippen molar-refractivity contribution in [3.05, 3.63) is 52.4 Å². The van der Waals surface area contributed by atoms with Crippen molar-refractivity contribution in [2.24, 2.45) is 10.9 Å². The Morgan fingerprint density at radius 1 is 1.36 bits per heavy atom. The lowest BCUT2D eigenvalue weighted by Gasteiger charge is -2.11. The molecule has 0 aromatic carbocycles. The van der Waals surface area contributed by atoms with Gasteiger partial charge in [-0.25, -0.2) is 4.98 Å². The van der Waals surface area contributed by atoms with Gasteiger partial charge in [-0.15, -0.1) is 0 Å². The summed E-state index contributed by atoms with van der Waals surface area (Å²) in [5, 5.41) is 6.50. The molecule has 2 aromatic rings. The van der Waals surface area contributed by atoms with E-state index in [2.05, 4.69) is 59.5 Å². The van der Waals surface area contributed by atoms with Gasteiger partial charge in [-0.3, -0.25) is 9.98 Å². The molecule has 7 heteroatoms. The second kappa shape index (κ2) is 8.20. The first kappa shape index (κ1) is 17.5. The summed E-state index contributed by atoms with van der Waals surface area (Å²) in [6.07, 6.45) is 9.92. The molecule has 2 heterocycles. The smallest absolute Gasteiger partial charge is 0.224 e. The third-order valence-corrected chi connectivity index (χ3v) is 4.60. The van der Waals surface area contributed by atoms with E-state index in [-0.39, 0.29) is 0 Å². The van der Waals surface area contributed by atoms with Crippen LogP contribution in [0, 0.1) is 5.92 Å². The lowest BCUT2D eigenvalue weighted by atomic mass is 10.2. The van der Waals surface area contributed by atoms with Crippen molar-refractivity contribution in [1.29, 1.82) is 0 Å². The number of nitrogens with one attached hydrogen (secondary N) is 2. The van der Waals surface area contributed by atoms with Crippen molar-refractivity contribution in [3.8, 4) is 0 Å². The molecule has 1 aliphatic rings. The van der Waals surface area contributed by atoms with Gasteiger partial charge >= 0.3 is 0 Å². The minimum absolute atomic E-state index is 0.556. The summed E-state index contributed by atoms with van der Waals surface area (Å²) >= 11 is 3.49. The summed E-state index contributed by atoms with van der Waals surface area (Å²) in [6.45, 7) is 2.79. The SMILES string of the molecule is C/N=C(\C=C(/C)C1CC1)Nc1nc(NCc2ccncc2)ncc1Br. The van der Waals surface area contributed by atoms with Gasteiger partial charge in [0.1, 0.15) is 5.84 Å². The largest absolute Gasteiger partial charge is 0.350 e. The molecular weight excluding hydrogens is 380 g/mol. The maximum atomic E-state index is 4.54. The number of anilines is 2. The standard InChI is InChI=1S/C18H21BrN6/c1-12(14-3-4-14)9-16(20-2)24-17-15(19)11-23-18(25-17)22-10-13-5-7-21-8-6-13/h5-9,11,14H,3-4,10H2,1-2H3,(H2,20,22,23,24,25)/b12-9+. The Bertz CT molecular complexity index is 783. The van der Waals surface area contributed by atoms with Crippen molar-refractivity contribution in [2.45, 2.75) is 26.3 Å². The Kier molecular flexibility index (Phi) is 5.75. The molecule has 0 bridgehead atoms. The highest BCUT2D eigenvalue weighted by molar-refractivity contribution is 9.10. The molecule has 0 amide bonds. The maximum absolute atomic E-state index is 4.54. The fraction of sp³-hybridized carbons (Fsp3) is 0.333. The van der Waals surface area contributed by atoms with Crippen LogP contribution in [0.25, 0.3) is 0 Å². The number of halogens is 1. The van der Waals surface area contributed by atoms with Crippen LogP contribution in [0.1, 0.15) is 25.3 Å². The van der Waals surface area contributed by atoms with Crippen molar-refractivity contribution in [2.75, 3.05) is 17.7 Å². The van der Waals surface area contributed by atoms with Crippen molar-refractivity contribution >= 4 is 33.5 Å². The minimum Gasteiger partial charge on any atom is -0.350 e. The zero-order valence-corrected chi connectivity index (χ0v) is 15.9. The van der Waals surface area contributed by atoms with E-state index in [4.69, 9.17) is 0 Å². The number of amidine groups is 1. The zero-order valence-electron chi connectivity index (χ0n) is 14.3. The zero-order chi connectivity index (χ0) is 17.6. The van der Waals surface area contributed by atoms with Crippen LogP contribution in [-0.2, 0) is 6.54 Å². The molecule has 0 atom stereocenters. The lowest BCUT2D eigenvalue weighted by Crippen LogP contribution is -2.13. The average Bonchev–Trinajstić information content (AvgIpc) is 3.47. The van der Waals surface area contributed by atoms with E-state index in [0.717, 1.165) is 15.9 Å². The highest BCUT2D eigenvalue weighted by Gasteiger charge is 2.23. The van der Waals surface area contributed by atoms with Crippen LogP contribution in [0.5, 0.6) is 0 Å². The van der Waals surface area contributed by atoms with Gasteiger partial charge in [-0.1, -0.05) is 5.57 Å². The third-order valence-electron chi connectivity index (χ3n) is 4.02.